The van der Waals surface area contributed by atoms with Gasteiger partial charge in [-0.25, -0.2) is 8.42 Å². The Balaban J connectivity index is 1.26. The van der Waals surface area contributed by atoms with Crippen LogP contribution in [0.3, 0.4) is 0 Å². The molecule has 0 amide bonds. The quantitative estimate of drug-likeness (QED) is 0.247. The number of hydrogen-bond acceptors (Lipinski definition) is 6. The molecule has 5 rings (SSSR count). The molecular formula is C32H36O6S. The second-order valence-electron chi connectivity index (χ2n) is 10.7. The lowest BCUT2D eigenvalue weighted by Crippen LogP contribution is -2.09. The van der Waals surface area contributed by atoms with Crippen molar-refractivity contribution in [3.63, 3.8) is 0 Å². The zero-order valence-corrected chi connectivity index (χ0v) is 23.5. The lowest BCUT2D eigenvalue weighted by Gasteiger charge is -2.14. The van der Waals surface area contributed by atoms with Gasteiger partial charge < -0.3 is 14.2 Å². The number of benzene rings is 3. The smallest absolute Gasteiger partial charge is 0.306 e. The van der Waals surface area contributed by atoms with Crippen molar-refractivity contribution in [2.45, 2.75) is 50.9 Å². The number of esters is 1. The minimum Gasteiger partial charge on any atom is -0.494 e. The van der Waals surface area contributed by atoms with E-state index in [1.807, 2.05) is 6.07 Å². The highest BCUT2D eigenvalue weighted by Crippen LogP contribution is 2.38. The van der Waals surface area contributed by atoms with Gasteiger partial charge in [0.2, 0.25) is 0 Å². The minimum absolute atomic E-state index is 0.0598. The van der Waals surface area contributed by atoms with Crippen molar-refractivity contribution in [2.75, 3.05) is 32.3 Å². The first kappa shape index (κ1) is 27.3. The fourth-order valence-electron chi connectivity index (χ4n) is 5.58. The first-order chi connectivity index (χ1) is 18.8. The van der Waals surface area contributed by atoms with Gasteiger partial charge in [0, 0.05) is 17.7 Å². The second-order valence-corrected chi connectivity index (χ2v) is 12.9. The third-order valence-electron chi connectivity index (χ3n) is 7.66. The highest BCUT2D eigenvalue weighted by Gasteiger charge is 2.27. The summed E-state index contributed by atoms with van der Waals surface area (Å²) in [6.45, 7) is 0.914. The van der Waals surface area contributed by atoms with Gasteiger partial charge in [-0.15, -0.1) is 0 Å². The van der Waals surface area contributed by atoms with Crippen molar-refractivity contribution in [3.05, 3.63) is 82.4 Å². The van der Waals surface area contributed by atoms with Gasteiger partial charge in [0.05, 0.1) is 32.5 Å². The molecule has 0 N–H and O–H groups in total. The van der Waals surface area contributed by atoms with Crippen LogP contribution in [0.1, 0.15) is 53.0 Å². The summed E-state index contributed by atoms with van der Waals surface area (Å²) in [5.41, 5.74) is 8.82. The summed E-state index contributed by atoms with van der Waals surface area (Å²) in [5, 5.41) is 0. The Morgan fingerprint density at radius 1 is 0.949 bits per heavy atom. The molecule has 3 aromatic rings. The van der Waals surface area contributed by atoms with Crippen LogP contribution < -0.4 is 9.47 Å². The van der Waals surface area contributed by atoms with Crippen LogP contribution in [-0.4, -0.2) is 46.7 Å². The average molecular weight is 549 g/mol. The topological polar surface area (TPSA) is 78.9 Å². The molecule has 0 saturated heterocycles. The van der Waals surface area contributed by atoms with E-state index in [0.29, 0.717) is 26.1 Å². The molecule has 6 nitrogen and oxygen atoms in total. The summed E-state index contributed by atoms with van der Waals surface area (Å²) >= 11 is 0. The lowest BCUT2D eigenvalue weighted by molar-refractivity contribution is -0.141. The first-order valence-corrected chi connectivity index (χ1v) is 15.7. The molecule has 0 bridgehead atoms. The van der Waals surface area contributed by atoms with Gasteiger partial charge in [-0.2, -0.15) is 0 Å². The Morgan fingerprint density at radius 3 is 2.51 bits per heavy atom. The molecule has 7 heteroatoms. The number of carbonyl (C=O) groups is 1. The molecule has 39 heavy (non-hydrogen) atoms. The number of ether oxygens (including phenoxy) is 3. The molecule has 0 unspecified atom stereocenters. The van der Waals surface area contributed by atoms with Crippen molar-refractivity contribution in [2.24, 2.45) is 0 Å². The highest BCUT2D eigenvalue weighted by molar-refractivity contribution is 7.90. The van der Waals surface area contributed by atoms with Crippen molar-refractivity contribution < 1.29 is 27.4 Å². The zero-order valence-electron chi connectivity index (χ0n) is 22.7. The van der Waals surface area contributed by atoms with Crippen LogP contribution in [0.2, 0.25) is 0 Å². The summed E-state index contributed by atoms with van der Waals surface area (Å²) in [6, 6.07) is 19.5. The Kier molecular flexibility index (Phi) is 8.26. The highest BCUT2D eigenvalue weighted by atomic mass is 32.2. The maximum Gasteiger partial charge on any atom is 0.306 e. The Labute approximate surface area is 231 Å². The van der Waals surface area contributed by atoms with Crippen LogP contribution in [-0.2, 0) is 45.1 Å². The molecule has 3 aromatic carbocycles. The van der Waals surface area contributed by atoms with Crippen molar-refractivity contribution >= 4 is 15.8 Å². The molecule has 1 aliphatic carbocycles. The Hall–Kier alpha value is -3.32. The Morgan fingerprint density at radius 2 is 1.72 bits per heavy atom. The van der Waals surface area contributed by atoms with E-state index in [2.05, 4.69) is 48.5 Å². The third-order valence-corrected chi connectivity index (χ3v) is 8.69. The van der Waals surface area contributed by atoms with Crippen molar-refractivity contribution in [1.82, 2.24) is 0 Å². The van der Waals surface area contributed by atoms with Crippen LogP contribution >= 0.6 is 0 Å². The maximum absolute atomic E-state index is 11.7. The van der Waals surface area contributed by atoms with Crippen LogP contribution in [0.4, 0.5) is 0 Å². The van der Waals surface area contributed by atoms with Crippen molar-refractivity contribution in [1.29, 1.82) is 0 Å². The monoisotopic (exact) mass is 548 g/mol. The van der Waals surface area contributed by atoms with Gasteiger partial charge >= 0.3 is 5.97 Å². The first-order valence-electron chi connectivity index (χ1n) is 13.7. The van der Waals surface area contributed by atoms with E-state index >= 15 is 0 Å². The molecule has 0 spiro atoms. The van der Waals surface area contributed by atoms with E-state index in [1.165, 1.54) is 46.7 Å². The summed E-state index contributed by atoms with van der Waals surface area (Å²) in [4.78, 5) is 11.7. The number of carbonyl (C=O) groups excluding carboxylic acids is 1. The van der Waals surface area contributed by atoms with Crippen LogP contribution in [0.15, 0.2) is 54.6 Å². The molecule has 0 radical (unpaired) electrons. The molecule has 1 aliphatic heterocycles. The summed E-state index contributed by atoms with van der Waals surface area (Å²) in [6.07, 6.45) is 7.05. The Bertz CT molecular complexity index is 1460. The standard InChI is InChI=1S/C32H36O6S/c1-36-32(33)20-26-21-38-31-18-23(10-13-29(26)31)8-7-22-9-11-24-5-3-6-25-19-27(12-14-28(25)30(24)17-22)37-15-4-16-39(2,34)35/h9-14,17-19,26H,3-8,15-16,20-21H2,1-2H3/t26-/m1/s1. The minimum atomic E-state index is -2.97. The van der Waals surface area contributed by atoms with E-state index < -0.39 is 9.84 Å². The molecule has 0 aromatic heterocycles. The molecule has 2 aliphatic rings. The maximum atomic E-state index is 11.7. The molecule has 206 valence electrons. The fraction of sp³-hybridized carbons (Fsp3) is 0.406. The van der Waals surface area contributed by atoms with Crippen LogP contribution in [0.5, 0.6) is 11.5 Å². The predicted octanol–water partition coefficient (Wildman–Crippen LogP) is 5.48. The van der Waals surface area contributed by atoms with E-state index in [0.717, 1.165) is 49.2 Å². The predicted molar refractivity (Wildman–Crippen MR) is 152 cm³/mol. The molecule has 0 fully saturated rings. The summed E-state index contributed by atoms with van der Waals surface area (Å²) in [5.74, 6) is 1.67. The number of methoxy groups -OCH3 is 1. The van der Waals surface area contributed by atoms with E-state index in [-0.39, 0.29) is 17.6 Å². The second kappa shape index (κ2) is 11.8. The van der Waals surface area contributed by atoms with Gasteiger partial charge in [-0.05, 0) is 90.1 Å². The van der Waals surface area contributed by atoms with Gasteiger partial charge in [-0.1, -0.05) is 36.4 Å². The number of sulfone groups is 1. The van der Waals surface area contributed by atoms with Crippen LogP contribution in [0.25, 0.3) is 11.1 Å². The normalized spacial score (nSPS) is 15.9. The van der Waals surface area contributed by atoms with E-state index in [9.17, 15) is 13.2 Å². The van der Waals surface area contributed by atoms with Gasteiger partial charge in [0.25, 0.3) is 0 Å². The zero-order chi connectivity index (χ0) is 27.4. The summed E-state index contributed by atoms with van der Waals surface area (Å²) < 4.78 is 39.3. The molecule has 1 heterocycles. The molecular weight excluding hydrogens is 512 g/mol. The lowest BCUT2D eigenvalue weighted by atomic mass is 9.92. The third kappa shape index (κ3) is 6.82. The number of aryl methyl sites for hydroxylation is 4. The molecule has 1 atom stereocenters. The van der Waals surface area contributed by atoms with Crippen LogP contribution in [0, 0.1) is 0 Å². The van der Waals surface area contributed by atoms with E-state index in [4.69, 9.17) is 14.2 Å². The SMILES string of the molecule is COC(=O)C[C@@H]1COc2cc(CCc3ccc4c(c3)-c3ccc(OCCCS(C)(=O)=O)cc3CCC4)ccc21. The van der Waals surface area contributed by atoms with Gasteiger partial charge in [0.1, 0.15) is 21.3 Å². The van der Waals surface area contributed by atoms with Crippen molar-refractivity contribution in [3.8, 4) is 22.6 Å². The van der Waals surface area contributed by atoms with E-state index in [1.54, 1.807) is 0 Å². The molecule has 0 saturated carbocycles. The average Bonchev–Trinajstić information content (AvgIpc) is 3.22. The number of hydrogen-bond donors (Lipinski definition) is 0. The fourth-order valence-corrected chi connectivity index (χ4v) is 6.22. The summed E-state index contributed by atoms with van der Waals surface area (Å²) in [7, 11) is -1.55. The number of rotatable bonds is 10. The number of fused-ring (bicyclic) bond motifs is 4. The van der Waals surface area contributed by atoms with Gasteiger partial charge in [-0.3, -0.25) is 4.79 Å². The largest absolute Gasteiger partial charge is 0.494 e. The van der Waals surface area contributed by atoms with Gasteiger partial charge in [0.15, 0.2) is 0 Å².